The van der Waals surface area contributed by atoms with Gasteiger partial charge in [0.25, 0.3) is 0 Å². The monoisotopic (exact) mass is 230 g/mol. The van der Waals surface area contributed by atoms with E-state index in [4.69, 9.17) is 4.74 Å². The molecule has 0 aromatic carbocycles. The highest BCUT2D eigenvalue weighted by atomic mass is 16.5. The van der Waals surface area contributed by atoms with Crippen molar-refractivity contribution in [3.8, 4) is 0 Å². The molecule has 1 unspecified atom stereocenters. The van der Waals surface area contributed by atoms with Crippen LogP contribution in [0.4, 0.5) is 0 Å². The van der Waals surface area contributed by atoms with Gasteiger partial charge in [0.1, 0.15) is 0 Å². The molecule has 1 heterocycles. The van der Waals surface area contributed by atoms with Crippen LogP contribution in [0.1, 0.15) is 25.7 Å². The zero-order valence-corrected chi connectivity index (χ0v) is 9.73. The van der Waals surface area contributed by atoms with E-state index in [-0.39, 0.29) is 6.10 Å². The second-order valence-corrected chi connectivity index (χ2v) is 3.82. The molecule has 1 aliphatic rings. The molecule has 0 saturated carbocycles. The minimum atomic E-state index is -0.863. The van der Waals surface area contributed by atoms with Crippen LogP contribution in [-0.2, 0) is 23.8 Å². The standard InChI is InChI=1S/C11H18O5/c1-14-10(12)9(11(13)15-2)7-8-5-3-4-6-16-8/h8-9H,3-7H2,1-2H3. The Morgan fingerprint density at radius 1 is 1.25 bits per heavy atom. The Kier molecular flexibility index (Phi) is 5.25. The van der Waals surface area contributed by atoms with Crippen LogP contribution in [0.15, 0.2) is 0 Å². The van der Waals surface area contributed by atoms with E-state index in [2.05, 4.69) is 9.47 Å². The van der Waals surface area contributed by atoms with Gasteiger partial charge in [-0.3, -0.25) is 9.59 Å². The summed E-state index contributed by atoms with van der Waals surface area (Å²) in [6, 6.07) is 0. The van der Waals surface area contributed by atoms with Gasteiger partial charge in [0, 0.05) is 6.61 Å². The van der Waals surface area contributed by atoms with Crippen LogP contribution in [0.5, 0.6) is 0 Å². The molecule has 1 saturated heterocycles. The summed E-state index contributed by atoms with van der Waals surface area (Å²) in [5, 5.41) is 0. The third-order valence-electron chi connectivity index (χ3n) is 2.74. The molecule has 0 bridgehead atoms. The Morgan fingerprint density at radius 3 is 2.31 bits per heavy atom. The molecule has 0 aromatic heterocycles. The first-order valence-corrected chi connectivity index (χ1v) is 5.46. The Morgan fingerprint density at radius 2 is 1.88 bits per heavy atom. The van der Waals surface area contributed by atoms with Gasteiger partial charge in [-0.05, 0) is 25.7 Å². The van der Waals surface area contributed by atoms with Crippen molar-refractivity contribution in [2.45, 2.75) is 31.8 Å². The quantitative estimate of drug-likeness (QED) is 0.530. The molecule has 1 atom stereocenters. The summed E-state index contributed by atoms with van der Waals surface area (Å²) in [7, 11) is 2.53. The molecule has 0 aliphatic carbocycles. The van der Waals surface area contributed by atoms with Crippen molar-refractivity contribution in [2.75, 3.05) is 20.8 Å². The van der Waals surface area contributed by atoms with Crippen LogP contribution in [0.2, 0.25) is 0 Å². The van der Waals surface area contributed by atoms with E-state index in [9.17, 15) is 9.59 Å². The third-order valence-corrected chi connectivity index (χ3v) is 2.74. The molecule has 0 amide bonds. The lowest BCUT2D eigenvalue weighted by Crippen LogP contribution is -2.32. The van der Waals surface area contributed by atoms with Crippen LogP contribution >= 0.6 is 0 Å². The topological polar surface area (TPSA) is 61.8 Å². The van der Waals surface area contributed by atoms with Gasteiger partial charge in [0.15, 0.2) is 5.92 Å². The molecule has 0 N–H and O–H groups in total. The number of hydrogen-bond acceptors (Lipinski definition) is 5. The van der Waals surface area contributed by atoms with E-state index < -0.39 is 17.9 Å². The first-order chi connectivity index (χ1) is 7.69. The fraction of sp³-hybridized carbons (Fsp3) is 0.818. The Hall–Kier alpha value is -1.10. The van der Waals surface area contributed by atoms with Crippen LogP contribution < -0.4 is 0 Å². The fourth-order valence-electron chi connectivity index (χ4n) is 1.83. The van der Waals surface area contributed by atoms with Crippen molar-refractivity contribution in [3.63, 3.8) is 0 Å². The molecule has 16 heavy (non-hydrogen) atoms. The summed E-state index contributed by atoms with van der Waals surface area (Å²) in [4.78, 5) is 22.8. The zero-order valence-electron chi connectivity index (χ0n) is 9.73. The first-order valence-electron chi connectivity index (χ1n) is 5.46. The predicted molar refractivity (Wildman–Crippen MR) is 55.7 cm³/mol. The predicted octanol–water partition coefficient (Wildman–Crippen LogP) is 0.908. The molecule has 5 nitrogen and oxygen atoms in total. The van der Waals surface area contributed by atoms with Crippen LogP contribution in [0, 0.1) is 5.92 Å². The molecule has 0 radical (unpaired) electrons. The van der Waals surface area contributed by atoms with Gasteiger partial charge < -0.3 is 14.2 Å². The van der Waals surface area contributed by atoms with Crippen LogP contribution in [0.3, 0.4) is 0 Å². The number of carbonyl (C=O) groups is 2. The lowest BCUT2D eigenvalue weighted by molar-refractivity contribution is -0.161. The van der Waals surface area contributed by atoms with Gasteiger partial charge in [-0.15, -0.1) is 0 Å². The minimum Gasteiger partial charge on any atom is -0.468 e. The number of carbonyl (C=O) groups excluding carboxylic acids is 2. The maximum atomic E-state index is 11.4. The zero-order chi connectivity index (χ0) is 12.0. The van der Waals surface area contributed by atoms with Gasteiger partial charge in [-0.25, -0.2) is 0 Å². The number of rotatable bonds is 4. The highest BCUT2D eigenvalue weighted by molar-refractivity contribution is 5.94. The normalized spacial score (nSPS) is 20.6. The summed E-state index contributed by atoms with van der Waals surface area (Å²) in [6.07, 6.45) is 3.29. The maximum Gasteiger partial charge on any atom is 0.320 e. The number of hydrogen-bond donors (Lipinski definition) is 0. The van der Waals surface area contributed by atoms with Gasteiger partial charge in [0.2, 0.25) is 0 Å². The van der Waals surface area contributed by atoms with E-state index in [0.29, 0.717) is 13.0 Å². The average molecular weight is 230 g/mol. The van der Waals surface area contributed by atoms with Crippen molar-refractivity contribution >= 4 is 11.9 Å². The average Bonchev–Trinajstić information content (AvgIpc) is 2.35. The summed E-state index contributed by atoms with van der Waals surface area (Å²) < 4.78 is 14.6. The van der Waals surface area contributed by atoms with Gasteiger partial charge >= 0.3 is 11.9 Å². The largest absolute Gasteiger partial charge is 0.468 e. The SMILES string of the molecule is COC(=O)C(CC1CCCCO1)C(=O)OC. The van der Waals surface area contributed by atoms with Crippen molar-refractivity contribution in [1.29, 1.82) is 0 Å². The molecule has 1 aliphatic heterocycles. The van der Waals surface area contributed by atoms with Crippen LogP contribution in [-0.4, -0.2) is 38.9 Å². The summed E-state index contributed by atoms with van der Waals surface area (Å²) >= 11 is 0. The molecule has 5 heteroatoms. The third kappa shape index (κ3) is 3.48. The minimum absolute atomic E-state index is 0.0445. The summed E-state index contributed by atoms with van der Waals surface area (Å²) in [5.74, 6) is -1.97. The fourth-order valence-corrected chi connectivity index (χ4v) is 1.83. The van der Waals surface area contributed by atoms with E-state index in [1.54, 1.807) is 0 Å². The summed E-state index contributed by atoms with van der Waals surface area (Å²) in [5.41, 5.74) is 0. The van der Waals surface area contributed by atoms with Crippen molar-refractivity contribution in [1.82, 2.24) is 0 Å². The molecule has 1 fully saturated rings. The van der Waals surface area contributed by atoms with Crippen LogP contribution in [0.25, 0.3) is 0 Å². The molecular weight excluding hydrogens is 212 g/mol. The molecule has 0 aromatic rings. The second kappa shape index (κ2) is 6.48. The van der Waals surface area contributed by atoms with E-state index in [1.165, 1.54) is 14.2 Å². The van der Waals surface area contributed by atoms with Gasteiger partial charge in [-0.1, -0.05) is 0 Å². The molecule has 1 rings (SSSR count). The Bertz CT molecular complexity index is 229. The van der Waals surface area contributed by atoms with Crippen molar-refractivity contribution in [3.05, 3.63) is 0 Å². The maximum absolute atomic E-state index is 11.4. The van der Waals surface area contributed by atoms with E-state index >= 15 is 0 Å². The number of methoxy groups -OCH3 is 2. The van der Waals surface area contributed by atoms with Gasteiger partial charge in [-0.2, -0.15) is 0 Å². The summed E-state index contributed by atoms with van der Waals surface area (Å²) in [6.45, 7) is 0.694. The number of ether oxygens (including phenoxy) is 3. The Balaban J connectivity index is 2.54. The molecule has 92 valence electrons. The second-order valence-electron chi connectivity index (χ2n) is 3.82. The van der Waals surface area contributed by atoms with Crippen molar-refractivity contribution < 1.29 is 23.8 Å². The van der Waals surface area contributed by atoms with Gasteiger partial charge in [0.05, 0.1) is 20.3 Å². The van der Waals surface area contributed by atoms with E-state index in [1.807, 2.05) is 0 Å². The van der Waals surface area contributed by atoms with Crippen molar-refractivity contribution in [2.24, 2.45) is 5.92 Å². The first kappa shape index (κ1) is 13.0. The lowest BCUT2D eigenvalue weighted by atomic mass is 9.97. The number of esters is 2. The molecular formula is C11H18O5. The lowest BCUT2D eigenvalue weighted by Gasteiger charge is -2.24. The Labute approximate surface area is 95.0 Å². The molecule has 0 spiro atoms. The highest BCUT2D eigenvalue weighted by Crippen LogP contribution is 2.21. The highest BCUT2D eigenvalue weighted by Gasteiger charge is 2.32. The smallest absolute Gasteiger partial charge is 0.320 e. The van der Waals surface area contributed by atoms with E-state index in [0.717, 1.165) is 19.3 Å².